The maximum atomic E-state index is 9.93. The summed E-state index contributed by atoms with van der Waals surface area (Å²) in [4.78, 5) is 0. The molecule has 1 aliphatic rings. The van der Waals surface area contributed by atoms with E-state index < -0.39 is 0 Å². The molecule has 1 aromatic rings. The van der Waals surface area contributed by atoms with Gasteiger partial charge >= 0.3 is 0 Å². The molecule has 0 bridgehead atoms. The summed E-state index contributed by atoms with van der Waals surface area (Å²) >= 11 is 0. The lowest BCUT2D eigenvalue weighted by Crippen LogP contribution is -2.56. The van der Waals surface area contributed by atoms with Crippen molar-refractivity contribution in [1.29, 1.82) is 0 Å². The minimum absolute atomic E-state index is 0.130. The van der Waals surface area contributed by atoms with E-state index in [2.05, 4.69) is 50.4 Å². The van der Waals surface area contributed by atoms with Gasteiger partial charge in [-0.05, 0) is 37.3 Å². The first-order valence-electron chi connectivity index (χ1n) is 6.95. The second-order valence-electron chi connectivity index (χ2n) is 6.32. The number of benzene rings is 1. The van der Waals surface area contributed by atoms with Gasteiger partial charge in [-0.25, -0.2) is 0 Å². The molecular weight excluding hydrogens is 222 g/mol. The van der Waals surface area contributed by atoms with E-state index in [0.29, 0.717) is 0 Å². The van der Waals surface area contributed by atoms with Crippen LogP contribution in [0.5, 0.6) is 0 Å². The van der Waals surface area contributed by atoms with Crippen molar-refractivity contribution in [3.8, 4) is 0 Å². The lowest BCUT2D eigenvalue weighted by Gasteiger charge is -2.50. The molecule has 2 N–H and O–H groups in total. The first-order valence-corrected chi connectivity index (χ1v) is 6.95. The van der Waals surface area contributed by atoms with Gasteiger partial charge in [0.15, 0.2) is 0 Å². The summed E-state index contributed by atoms with van der Waals surface area (Å²) in [6.07, 6.45) is 4.68. The lowest BCUT2D eigenvalue weighted by atomic mass is 9.63. The van der Waals surface area contributed by atoms with E-state index >= 15 is 0 Å². The predicted octanol–water partition coefficient (Wildman–Crippen LogP) is 3.74. The van der Waals surface area contributed by atoms with Crippen LogP contribution in [0.3, 0.4) is 0 Å². The van der Waals surface area contributed by atoms with E-state index in [0.717, 1.165) is 12.1 Å². The molecule has 1 unspecified atom stereocenters. The fraction of sp³-hybridized carbons (Fsp3) is 0.625. The summed E-state index contributed by atoms with van der Waals surface area (Å²) in [5.41, 5.74) is 2.33. The monoisotopic (exact) mass is 247 g/mol. The quantitative estimate of drug-likeness (QED) is 0.853. The van der Waals surface area contributed by atoms with Gasteiger partial charge in [-0.1, -0.05) is 44.4 Å². The first kappa shape index (κ1) is 13.4. The van der Waals surface area contributed by atoms with Gasteiger partial charge in [-0.2, -0.15) is 0 Å². The number of aliphatic hydroxyl groups is 1. The Hall–Kier alpha value is -1.02. The largest absolute Gasteiger partial charge is 0.394 e. The fourth-order valence-corrected chi connectivity index (χ4v) is 3.05. The number of anilines is 1. The Bertz CT molecular complexity index is 396. The van der Waals surface area contributed by atoms with Crippen molar-refractivity contribution in [1.82, 2.24) is 0 Å². The summed E-state index contributed by atoms with van der Waals surface area (Å²) in [5.74, 6) is 0. The van der Waals surface area contributed by atoms with Crippen LogP contribution in [0, 0.1) is 12.3 Å². The molecule has 2 rings (SSSR count). The Morgan fingerprint density at radius 2 is 1.72 bits per heavy atom. The lowest BCUT2D eigenvalue weighted by molar-refractivity contribution is 0.0580. The number of hydrogen-bond acceptors (Lipinski definition) is 2. The minimum Gasteiger partial charge on any atom is -0.394 e. The highest BCUT2D eigenvalue weighted by molar-refractivity contribution is 5.47. The molecular formula is C16H25NO. The Morgan fingerprint density at radius 1 is 1.11 bits per heavy atom. The molecule has 18 heavy (non-hydrogen) atoms. The molecule has 0 heterocycles. The Morgan fingerprint density at radius 3 is 2.28 bits per heavy atom. The Labute approximate surface area is 110 Å². The van der Waals surface area contributed by atoms with Crippen LogP contribution in [-0.4, -0.2) is 17.3 Å². The third kappa shape index (κ3) is 2.39. The highest BCUT2D eigenvalue weighted by atomic mass is 16.3. The zero-order valence-electron chi connectivity index (χ0n) is 11.8. The van der Waals surface area contributed by atoms with Crippen molar-refractivity contribution >= 4 is 5.69 Å². The highest BCUT2D eigenvalue weighted by Crippen LogP contribution is 2.45. The number of nitrogens with one attached hydrogen (secondary N) is 1. The van der Waals surface area contributed by atoms with Crippen LogP contribution in [0.2, 0.25) is 0 Å². The van der Waals surface area contributed by atoms with Crippen LogP contribution in [0.4, 0.5) is 5.69 Å². The number of aliphatic hydroxyl groups excluding tert-OH is 1. The van der Waals surface area contributed by atoms with E-state index in [4.69, 9.17) is 0 Å². The molecule has 0 spiro atoms. The normalized spacial score (nSPS) is 26.9. The first-order chi connectivity index (χ1) is 8.49. The van der Waals surface area contributed by atoms with Crippen LogP contribution >= 0.6 is 0 Å². The average Bonchev–Trinajstić information content (AvgIpc) is 2.34. The molecule has 1 atom stereocenters. The molecule has 2 nitrogen and oxygen atoms in total. The van der Waals surface area contributed by atoms with Gasteiger partial charge in [-0.15, -0.1) is 0 Å². The van der Waals surface area contributed by atoms with Crippen LogP contribution < -0.4 is 5.32 Å². The van der Waals surface area contributed by atoms with E-state index in [1.165, 1.54) is 24.8 Å². The van der Waals surface area contributed by atoms with Gasteiger partial charge in [0.1, 0.15) is 0 Å². The molecule has 0 aromatic heterocycles. The third-order valence-corrected chi connectivity index (χ3v) is 4.66. The summed E-state index contributed by atoms with van der Waals surface area (Å²) in [6, 6.07) is 8.45. The molecule has 1 fully saturated rings. The van der Waals surface area contributed by atoms with Crippen LogP contribution in [0.25, 0.3) is 0 Å². The third-order valence-electron chi connectivity index (χ3n) is 4.66. The smallest absolute Gasteiger partial charge is 0.0666 e. The van der Waals surface area contributed by atoms with Crippen molar-refractivity contribution in [3.05, 3.63) is 29.8 Å². The topological polar surface area (TPSA) is 32.3 Å². The van der Waals surface area contributed by atoms with E-state index in [-0.39, 0.29) is 17.6 Å². The van der Waals surface area contributed by atoms with Gasteiger partial charge in [0.25, 0.3) is 0 Å². The summed E-state index contributed by atoms with van der Waals surface area (Å²) < 4.78 is 0. The Kier molecular flexibility index (Phi) is 3.67. The maximum Gasteiger partial charge on any atom is 0.0666 e. The van der Waals surface area contributed by atoms with Gasteiger partial charge in [0.2, 0.25) is 0 Å². The number of aryl methyl sites for hydroxylation is 1. The van der Waals surface area contributed by atoms with Crippen LogP contribution in [0.15, 0.2) is 24.3 Å². The standard InChI is InChI=1S/C16H25NO/c1-13-6-8-14(9-7-13)17-16(12-18)11-5-4-10-15(16,2)3/h6-9,17-18H,4-5,10-12H2,1-3H3. The molecule has 100 valence electrons. The molecule has 1 aliphatic carbocycles. The van der Waals surface area contributed by atoms with E-state index in [1.807, 2.05) is 0 Å². The highest BCUT2D eigenvalue weighted by Gasteiger charge is 2.46. The SMILES string of the molecule is Cc1ccc(NC2(CO)CCCCC2(C)C)cc1. The molecule has 0 aliphatic heterocycles. The zero-order valence-corrected chi connectivity index (χ0v) is 11.8. The predicted molar refractivity (Wildman–Crippen MR) is 76.9 cm³/mol. The Balaban J connectivity index is 2.24. The van der Waals surface area contributed by atoms with Gasteiger partial charge in [0, 0.05) is 5.69 Å². The van der Waals surface area contributed by atoms with E-state index in [9.17, 15) is 5.11 Å². The zero-order chi connectivity index (χ0) is 13.2. The van der Waals surface area contributed by atoms with Crippen molar-refractivity contribution in [2.75, 3.05) is 11.9 Å². The van der Waals surface area contributed by atoms with Crippen molar-refractivity contribution < 1.29 is 5.11 Å². The summed E-state index contributed by atoms with van der Waals surface area (Å²) in [7, 11) is 0. The van der Waals surface area contributed by atoms with Crippen LogP contribution in [0.1, 0.15) is 45.1 Å². The molecule has 0 amide bonds. The van der Waals surface area contributed by atoms with Gasteiger partial charge in [0.05, 0.1) is 12.1 Å². The maximum absolute atomic E-state index is 9.93. The minimum atomic E-state index is -0.180. The number of rotatable bonds is 3. The molecule has 2 heteroatoms. The van der Waals surface area contributed by atoms with Crippen LogP contribution in [-0.2, 0) is 0 Å². The molecule has 1 saturated carbocycles. The summed E-state index contributed by atoms with van der Waals surface area (Å²) in [5, 5.41) is 13.5. The summed E-state index contributed by atoms with van der Waals surface area (Å²) in [6.45, 7) is 6.83. The average molecular weight is 247 g/mol. The second kappa shape index (κ2) is 4.93. The number of hydrogen-bond donors (Lipinski definition) is 2. The molecule has 0 radical (unpaired) electrons. The second-order valence-corrected chi connectivity index (χ2v) is 6.32. The van der Waals surface area contributed by atoms with Crippen molar-refractivity contribution in [2.45, 2.75) is 52.0 Å². The van der Waals surface area contributed by atoms with Crippen molar-refractivity contribution in [3.63, 3.8) is 0 Å². The fourth-order valence-electron chi connectivity index (χ4n) is 3.05. The van der Waals surface area contributed by atoms with Crippen molar-refractivity contribution in [2.24, 2.45) is 5.41 Å². The van der Waals surface area contributed by atoms with E-state index in [1.54, 1.807) is 0 Å². The molecule has 1 aromatic carbocycles. The van der Waals surface area contributed by atoms with Gasteiger partial charge in [-0.3, -0.25) is 0 Å². The van der Waals surface area contributed by atoms with Gasteiger partial charge < -0.3 is 10.4 Å². The molecule has 0 saturated heterocycles.